The van der Waals surface area contributed by atoms with Gasteiger partial charge in [-0.2, -0.15) is 0 Å². The summed E-state index contributed by atoms with van der Waals surface area (Å²) < 4.78 is 0. The number of carbonyl (C=O) groups is 1. The minimum Gasteiger partial charge on any atom is -0.515 e. The molecule has 1 aromatic heterocycles. The van der Waals surface area contributed by atoms with Crippen LogP contribution in [0.5, 0.6) is 0 Å². The Morgan fingerprint density at radius 1 is 1.00 bits per heavy atom. The normalized spacial score (nSPS) is 12.0. The fourth-order valence-corrected chi connectivity index (χ4v) is 4.64. The van der Waals surface area contributed by atoms with Gasteiger partial charge < -0.3 is 21.6 Å². The number of nitrogen functional groups attached to an aromatic ring is 1. The first-order valence-electron chi connectivity index (χ1n) is 12.9. The zero-order valence-corrected chi connectivity index (χ0v) is 22.7. The highest BCUT2D eigenvalue weighted by molar-refractivity contribution is 6.29. The summed E-state index contributed by atoms with van der Waals surface area (Å²) in [6.45, 7) is 5.74. The Morgan fingerprint density at radius 2 is 1.70 bits per heavy atom. The van der Waals surface area contributed by atoms with E-state index in [0.717, 1.165) is 17.4 Å². The molecule has 8 heteroatoms. The largest absolute Gasteiger partial charge is 0.515 e. The summed E-state index contributed by atoms with van der Waals surface area (Å²) in [4.78, 5) is 22.1. The van der Waals surface area contributed by atoms with Crippen molar-refractivity contribution in [3.8, 4) is 0 Å². The molecular formula is C32H32N6O2. The van der Waals surface area contributed by atoms with Crippen molar-refractivity contribution in [3.63, 3.8) is 0 Å². The molecule has 0 spiro atoms. The van der Waals surface area contributed by atoms with Crippen LogP contribution in [0.1, 0.15) is 70.0 Å². The number of nitrogens with two attached hydrogens (primary N) is 1. The Bertz CT molecular complexity index is 1610. The molecule has 0 saturated heterocycles. The van der Waals surface area contributed by atoms with Gasteiger partial charge in [0.05, 0.1) is 29.2 Å². The van der Waals surface area contributed by atoms with E-state index in [4.69, 9.17) is 16.6 Å². The highest BCUT2D eigenvalue weighted by atomic mass is 16.2. The molecule has 0 fully saturated rings. The number of aryl methyl sites for hydroxylation is 1. The second kappa shape index (κ2) is 12.2. The predicted molar refractivity (Wildman–Crippen MR) is 161 cm³/mol. The third-order valence-corrected chi connectivity index (χ3v) is 6.80. The van der Waals surface area contributed by atoms with Gasteiger partial charge >= 0.3 is 0 Å². The van der Waals surface area contributed by atoms with Crippen LogP contribution in [0, 0.1) is 17.7 Å². The summed E-state index contributed by atoms with van der Waals surface area (Å²) in [6, 6.07) is 21.3. The fourth-order valence-electron chi connectivity index (χ4n) is 4.64. The maximum Gasteiger partial charge on any atom is 0.197 e. The molecule has 0 amide bonds. The van der Waals surface area contributed by atoms with Gasteiger partial charge in [0.1, 0.15) is 18.0 Å². The van der Waals surface area contributed by atoms with E-state index < -0.39 is 6.04 Å². The zero-order valence-electron chi connectivity index (χ0n) is 22.7. The lowest BCUT2D eigenvalue weighted by Crippen LogP contribution is -2.18. The Balaban J connectivity index is 1.67. The van der Waals surface area contributed by atoms with Gasteiger partial charge in [-0.25, -0.2) is 9.97 Å². The van der Waals surface area contributed by atoms with Gasteiger partial charge in [-0.05, 0) is 48.6 Å². The van der Waals surface area contributed by atoms with Gasteiger partial charge in [0, 0.05) is 16.8 Å². The molecular weight excluding hydrogens is 500 g/mol. The smallest absolute Gasteiger partial charge is 0.197 e. The molecule has 0 radical (unpaired) electrons. The number of hydrogen-bond donors (Lipinski definition) is 5. The van der Waals surface area contributed by atoms with Gasteiger partial charge in [0.2, 0.25) is 0 Å². The van der Waals surface area contributed by atoms with Crippen molar-refractivity contribution >= 4 is 34.4 Å². The summed E-state index contributed by atoms with van der Waals surface area (Å²) in [5.41, 5.74) is 11.6. The number of aromatic nitrogens is 2. The van der Waals surface area contributed by atoms with E-state index in [1.807, 2.05) is 51.1 Å². The number of carbonyl (C=O) groups excluding carboxylic acids is 1. The third-order valence-electron chi connectivity index (χ3n) is 6.80. The minimum absolute atomic E-state index is 0.143. The number of aliphatic hydroxyl groups excluding tert-OH is 1. The number of allylic oxidation sites excluding steroid dienone is 1. The second-order valence-electron chi connectivity index (χ2n) is 9.41. The summed E-state index contributed by atoms with van der Waals surface area (Å²) in [6.07, 6.45) is 2.79. The van der Waals surface area contributed by atoms with E-state index in [0.29, 0.717) is 45.8 Å². The van der Waals surface area contributed by atoms with Crippen LogP contribution in [-0.2, 0) is 0 Å². The zero-order chi connectivity index (χ0) is 28.8. The highest BCUT2D eigenvalue weighted by Gasteiger charge is 2.23. The molecule has 4 aromatic rings. The number of nitrogens with one attached hydrogen (secondary N) is 3. The van der Waals surface area contributed by atoms with Gasteiger partial charge in [-0.15, -0.1) is 0 Å². The van der Waals surface area contributed by atoms with Gasteiger partial charge in [0.25, 0.3) is 0 Å². The number of rotatable bonds is 10. The van der Waals surface area contributed by atoms with E-state index >= 15 is 0 Å². The van der Waals surface area contributed by atoms with Crippen LogP contribution in [0.4, 0.5) is 11.6 Å². The van der Waals surface area contributed by atoms with Crippen molar-refractivity contribution in [2.24, 2.45) is 0 Å². The molecule has 0 aliphatic carbocycles. The molecule has 0 saturated carbocycles. The SMILES string of the molecule is CCC(=N)c1ccc(C(=N)c2c(N)ncnc2NC(C)c2ccccc2C(=O)/C(=C\O)c2ccccc2)cc1C. The van der Waals surface area contributed by atoms with Gasteiger partial charge in [-0.3, -0.25) is 10.2 Å². The van der Waals surface area contributed by atoms with E-state index in [1.165, 1.54) is 6.33 Å². The first-order chi connectivity index (χ1) is 19.3. The molecule has 1 unspecified atom stereocenters. The number of Topliss-reactive ketones (excluding diaryl/α,β-unsaturated/α-hetero) is 1. The van der Waals surface area contributed by atoms with Crippen LogP contribution < -0.4 is 11.1 Å². The van der Waals surface area contributed by atoms with Crippen LogP contribution >= 0.6 is 0 Å². The van der Waals surface area contributed by atoms with E-state index in [1.54, 1.807) is 42.5 Å². The highest BCUT2D eigenvalue weighted by Crippen LogP contribution is 2.30. The number of benzene rings is 3. The van der Waals surface area contributed by atoms with E-state index in [9.17, 15) is 9.90 Å². The monoisotopic (exact) mass is 532 g/mol. The molecule has 6 N–H and O–H groups in total. The molecule has 40 heavy (non-hydrogen) atoms. The van der Waals surface area contributed by atoms with Crippen molar-refractivity contribution in [3.05, 3.63) is 124 Å². The first kappa shape index (κ1) is 27.9. The van der Waals surface area contributed by atoms with Crippen molar-refractivity contribution < 1.29 is 9.90 Å². The molecule has 0 bridgehead atoms. The average Bonchev–Trinajstić information content (AvgIpc) is 2.97. The fraction of sp³-hybridized carbons (Fsp3) is 0.156. The van der Waals surface area contributed by atoms with Crippen molar-refractivity contribution in [2.75, 3.05) is 11.1 Å². The number of hydrogen-bond acceptors (Lipinski definition) is 8. The number of ketones is 1. The van der Waals surface area contributed by atoms with Crippen LogP contribution in [-0.4, -0.2) is 32.3 Å². The predicted octanol–water partition coefficient (Wildman–Crippen LogP) is 6.52. The Morgan fingerprint density at radius 3 is 2.38 bits per heavy atom. The van der Waals surface area contributed by atoms with Crippen LogP contribution in [0.3, 0.4) is 0 Å². The number of anilines is 2. The standard InChI is InChI=1S/C32H32N6O2/c1-4-27(33)23-15-14-22(16-19(23)2)29(34)28-31(35)36-18-37-32(28)38-20(3)24-12-8-9-13-25(24)30(40)26(17-39)21-10-6-5-7-11-21/h5-18,20,33-34,39H,4H2,1-3H3,(H3,35,36,37,38)/b26-17-,33-27?,34-29?. The maximum absolute atomic E-state index is 13.5. The number of nitrogens with zero attached hydrogens (tertiary/aromatic N) is 2. The molecule has 4 rings (SSSR count). The Labute approximate surface area is 233 Å². The van der Waals surface area contributed by atoms with Gasteiger partial charge in [0.15, 0.2) is 5.78 Å². The summed E-state index contributed by atoms with van der Waals surface area (Å²) in [5, 5.41) is 30.4. The Kier molecular flexibility index (Phi) is 8.49. The lowest BCUT2D eigenvalue weighted by molar-refractivity contribution is 0.105. The Hall–Kier alpha value is -5.11. The summed E-state index contributed by atoms with van der Waals surface area (Å²) in [7, 11) is 0. The van der Waals surface area contributed by atoms with Crippen LogP contribution in [0.2, 0.25) is 0 Å². The maximum atomic E-state index is 13.5. The second-order valence-corrected chi connectivity index (χ2v) is 9.41. The molecule has 1 heterocycles. The van der Waals surface area contributed by atoms with Gasteiger partial charge in [-0.1, -0.05) is 73.7 Å². The van der Waals surface area contributed by atoms with E-state index in [-0.39, 0.29) is 22.9 Å². The minimum atomic E-state index is -0.411. The molecule has 0 aliphatic rings. The van der Waals surface area contributed by atoms with Crippen molar-refractivity contribution in [1.82, 2.24) is 9.97 Å². The van der Waals surface area contributed by atoms with Crippen LogP contribution in [0.25, 0.3) is 5.57 Å². The molecule has 3 aromatic carbocycles. The quantitative estimate of drug-likeness (QED) is 0.0680. The van der Waals surface area contributed by atoms with Crippen molar-refractivity contribution in [1.29, 1.82) is 10.8 Å². The first-order valence-corrected chi connectivity index (χ1v) is 12.9. The average molecular weight is 533 g/mol. The number of aliphatic hydroxyl groups is 1. The van der Waals surface area contributed by atoms with E-state index in [2.05, 4.69) is 15.3 Å². The third kappa shape index (κ3) is 5.66. The van der Waals surface area contributed by atoms with Crippen molar-refractivity contribution in [2.45, 2.75) is 33.2 Å². The molecule has 1 atom stereocenters. The molecule has 202 valence electrons. The van der Waals surface area contributed by atoms with Crippen LogP contribution in [0.15, 0.2) is 85.4 Å². The molecule has 0 aliphatic heterocycles. The molecule has 8 nitrogen and oxygen atoms in total. The topological polar surface area (TPSA) is 149 Å². The summed E-state index contributed by atoms with van der Waals surface area (Å²) >= 11 is 0. The summed E-state index contributed by atoms with van der Waals surface area (Å²) in [5.74, 6) is 0.189. The lowest BCUT2D eigenvalue weighted by atomic mass is 9.92. The lowest BCUT2D eigenvalue weighted by Gasteiger charge is -2.21.